The lowest BCUT2D eigenvalue weighted by molar-refractivity contribution is -0.125. The van der Waals surface area contributed by atoms with Crippen LogP contribution in [0.1, 0.15) is 51.2 Å². The minimum atomic E-state index is -0.829. The van der Waals surface area contributed by atoms with Crippen LogP contribution in [-0.4, -0.2) is 28.9 Å². The van der Waals surface area contributed by atoms with Gasteiger partial charge in [-0.2, -0.15) is 0 Å². The molecule has 1 fully saturated rings. The number of piperidine rings is 1. The second-order valence-electron chi connectivity index (χ2n) is 7.04. The molecule has 1 aliphatic rings. The highest BCUT2D eigenvalue weighted by molar-refractivity contribution is 5.84. The Labute approximate surface area is 134 Å². The minimum Gasteiger partial charge on any atom is -0.350 e. The van der Waals surface area contributed by atoms with Crippen LogP contribution in [0.3, 0.4) is 0 Å². The molecule has 0 aromatic heterocycles. The topological polar surface area (TPSA) is 58.4 Å². The predicted molar refractivity (Wildman–Crippen MR) is 90.3 cm³/mol. The van der Waals surface area contributed by atoms with Crippen molar-refractivity contribution in [3.63, 3.8) is 0 Å². The van der Waals surface area contributed by atoms with Crippen LogP contribution in [0.2, 0.25) is 0 Å². The molecule has 0 spiro atoms. The Kier molecular flexibility index (Phi) is 5.59. The summed E-state index contributed by atoms with van der Waals surface area (Å²) in [5.41, 5.74) is 7.38. The molecule has 0 radical (unpaired) electrons. The van der Waals surface area contributed by atoms with E-state index in [1.165, 1.54) is 31.4 Å². The van der Waals surface area contributed by atoms with Crippen LogP contribution < -0.4 is 11.1 Å². The van der Waals surface area contributed by atoms with E-state index >= 15 is 0 Å². The summed E-state index contributed by atoms with van der Waals surface area (Å²) in [6, 6.07) is 9.19. The predicted octanol–water partition coefficient (Wildman–Crippen LogP) is 2.41. The third-order valence-corrected chi connectivity index (χ3v) is 4.39. The van der Waals surface area contributed by atoms with Crippen molar-refractivity contribution in [1.29, 1.82) is 0 Å². The summed E-state index contributed by atoms with van der Waals surface area (Å²) in [6.07, 6.45) is 3.97. The highest BCUT2D eigenvalue weighted by Crippen LogP contribution is 2.19. The summed E-state index contributed by atoms with van der Waals surface area (Å²) >= 11 is 0. The zero-order valence-corrected chi connectivity index (χ0v) is 14.1. The number of nitrogens with zero attached hydrogens (tertiary/aromatic N) is 1. The maximum atomic E-state index is 11.8. The molecule has 1 aromatic carbocycles. The molecule has 0 aliphatic carbocycles. The van der Waals surface area contributed by atoms with Crippen molar-refractivity contribution in [2.24, 2.45) is 5.73 Å². The normalized spacial score (nSPS) is 19.9. The van der Waals surface area contributed by atoms with Gasteiger partial charge in [-0.3, -0.25) is 9.69 Å². The van der Waals surface area contributed by atoms with Gasteiger partial charge in [0, 0.05) is 19.1 Å². The van der Waals surface area contributed by atoms with Crippen molar-refractivity contribution in [1.82, 2.24) is 10.2 Å². The minimum absolute atomic E-state index is 0.126. The van der Waals surface area contributed by atoms with E-state index in [1.54, 1.807) is 13.8 Å². The molecule has 1 amide bonds. The molecule has 2 rings (SSSR count). The van der Waals surface area contributed by atoms with Crippen molar-refractivity contribution in [3.05, 3.63) is 35.4 Å². The number of nitrogens with two attached hydrogens (primary N) is 1. The molecule has 3 N–H and O–H groups in total. The molecule has 22 heavy (non-hydrogen) atoms. The van der Waals surface area contributed by atoms with Gasteiger partial charge in [0.15, 0.2) is 0 Å². The van der Waals surface area contributed by atoms with E-state index in [0.717, 1.165) is 12.1 Å². The number of hydrogen-bond donors (Lipinski definition) is 2. The van der Waals surface area contributed by atoms with Crippen LogP contribution in [0, 0.1) is 0 Å². The molecule has 0 saturated carbocycles. The van der Waals surface area contributed by atoms with Gasteiger partial charge in [-0.25, -0.2) is 0 Å². The number of likely N-dealkylation sites (tertiary alicyclic amines) is 1. The molecule has 4 heteroatoms. The average Bonchev–Trinajstić information content (AvgIpc) is 2.47. The summed E-state index contributed by atoms with van der Waals surface area (Å²) < 4.78 is 0. The number of carbonyl (C=O) groups is 1. The van der Waals surface area contributed by atoms with Crippen LogP contribution in [0.15, 0.2) is 24.3 Å². The van der Waals surface area contributed by atoms with E-state index in [2.05, 4.69) is 41.4 Å². The second-order valence-corrected chi connectivity index (χ2v) is 7.04. The van der Waals surface area contributed by atoms with Crippen LogP contribution in [-0.2, 0) is 17.9 Å². The number of carbonyl (C=O) groups excluding carboxylic acids is 1. The Hall–Kier alpha value is -1.39. The number of hydrogen-bond acceptors (Lipinski definition) is 3. The first kappa shape index (κ1) is 17.0. The molecule has 1 aliphatic heterocycles. The summed E-state index contributed by atoms with van der Waals surface area (Å²) in [5, 5.41) is 2.87. The molecular weight excluding hydrogens is 274 g/mol. The van der Waals surface area contributed by atoms with E-state index in [9.17, 15) is 4.79 Å². The lowest BCUT2D eigenvalue weighted by Gasteiger charge is -2.33. The standard InChI is InChI=1S/C18H29N3O/c1-14-6-4-5-11-21(14)13-16-9-7-15(8-10-16)12-20-17(22)18(2,3)19/h7-10,14H,4-6,11-13,19H2,1-3H3,(H,20,22). The summed E-state index contributed by atoms with van der Waals surface area (Å²) in [5.74, 6) is -0.126. The van der Waals surface area contributed by atoms with E-state index in [4.69, 9.17) is 5.73 Å². The third kappa shape index (κ3) is 4.82. The van der Waals surface area contributed by atoms with Gasteiger partial charge in [-0.05, 0) is 51.3 Å². The van der Waals surface area contributed by atoms with E-state index in [1.807, 2.05) is 0 Å². The first-order valence-electron chi connectivity index (χ1n) is 8.25. The second kappa shape index (κ2) is 7.25. The SMILES string of the molecule is CC1CCCCN1Cc1ccc(CNC(=O)C(C)(C)N)cc1. The molecule has 1 aromatic rings. The number of amides is 1. The van der Waals surface area contributed by atoms with Gasteiger partial charge in [0.05, 0.1) is 5.54 Å². The molecule has 4 nitrogen and oxygen atoms in total. The monoisotopic (exact) mass is 303 g/mol. The molecule has 0 bridgehead atoms. The summed E-state index contributed by atoms with van der Waals surface area (Å²) in [7, 11) is 0. The van der Waals surface area contributed by atoms with Crippen LogP contribution in [0.25, 0.3) is 0 Å². The van der Waals surface area contributed by atoms with Gasteiger partial charge < -0.3 is 11.1 Å². The first-order chi connectivity index (χ1) is 10.4. The quantitative estimate of drug-likeness (QED) is 0.878. The number of rotatable bonds is 5. The number of nitrogens with one attached hydrogen (secondary N) is 1. The lowest BCUT2D eigenvalue weighted by Crippen LogP contribution is -2.48. The largest absolute Gasteiger partial charge is 0.350 e. The Balaban J connectivity index is 1.86. The van der Waals surface area contributed by atoms with Crippen LogP contribution >= 0.6 is 0 Å². The van der Waals surface area contributed by atoms with E-state index in [-0.39, 0.29) is 5.91 Å². The fourth-order valence-electron chi connectivity index (χ4n) is 2.80. The first-order valence-corrected chi connectivity index (χ1v) is 8.25. The van der Waals surface area contributed by atoms with Crippen molar-refractivity contribution < 1.29 is 4.79 Å². The Morgan fingerprint density at radius 2 is 1.91 bits per heavy atom. The molecule has 1 heterocycles. The highest BCUT2D eigenvalue weighted by Gasteiger charge is 2.21. The maximum Gasteiger partial charge on any atom is 0.239 e. The lowest BCUT2D eigenvalue weighted by atomic mass is 10.0. The Morgan fingerprint density at radius 3 is 2.50 bits per heavy atom. The Morgan fingerprint density at radius 1 is 1.27 bits per heavy atom. The molecular formula is C18H29N3O. The third-order valence-electron chi connectivity index (χ3n) is 4.39. The molecule has 1 unspecified atom stereocenters. The summed E-state index contributed by atoms with van der Waals surface area (Å²) in [4.78, 5) is 14.3. The fourth-order valence-corrected chi connectivity index (χ4v) is 2.80. The molecule has 1 saturated heterocycles. The zero-order valence-electron chi connectivity index (χ0n) is 14.1. The molecule has 1 atom stereocenters. The van der Waals surface area contributed by atoms with Crippen LogP contribution in [0.4, 0.5) is 0 Å². The van der Waals surface area contributed by atoms with Gasteiger partial charge in [0.2, 0.25) is 5.91 Å². The van der Waals surface area contributed by atoms with Gasteiger partial charge in [-0.15, -0.1) is 0 Å². The highest BCUT2D eigenvalue weighted by atomic mass is 16.2. The molecule has 122 valence electrons. The maximum absolute atomic E-state index is 11.8. The van der Waals surface area contributed by atoms with Gasteiger partial charge in [0.1, 0.15) is 0 Å². The van der Waals surface area contributed by atoms with Crippen molar-refractivity contribution in [3.8, 4) is 0 Å². The van der Waals surface area contributed by atoms with Gasteiger partial charge in [0.25, 0.3) is 0 Å². The smallest absolute Gasteiger partial charge is 0.239 e. The van der Waals surface area contributed by atoms with Crippen molar-refractivity contribution >= 4 is 5.91 Å². The van der Waals surface area contributed by atoms with Gasteiger partial charge in [-0.1, -0.05) is 30.7 Å². The van der Waals surface area contributed by atoms with E-state index < -0.39 is 5.54 Å². The van der Waals surface area contributed by atoms with Gasteiger partial charge >= 0.3 is 0 Å². The zero-order chi connectivity index (χ0) is 16.2. The fraction of sp³-hybridized carbons (Fsp3) is 0.611. The van der Waals surface area contributed by atoms with E-state index in [0.29, 0.717) is 12.6 Å². The van der Waals surface area contributed by atoms with Crippen molar-refractivity contribution in [2.75, 3.05) is 6.54 Å². The van der Waals surface area contributed by atoms with Crippen molar-refractivity contribution in [2.45, 2.75) is 64.7 Å². The average molecular weight is 303 g/mol. The Bertz CT molecular complexity index is 490. The van der Waals surface area contributed by atoms with Crippen LogP contribution in [0.5, 0.6) is 0 Å². The number of benzene rings is 1. The summed E-state index contributed by atoms with van der Waals surface area (Å²) in [6.45, 7) is 8.49.